The van der Waals surface area contributed by atoms with Gasteiger partial charge in [-0.15, -0.1) is 0 Å². The van der Waals surface area contributed by atoms with Gasteiger partial charge in [0.05, 0.1) is 13.2 Å². The highest BCUT2D eigenvalue weighted by atomic mass is 16.5. The van der Waals surface area contributed by atoms with Gasteiger partial charge in [-0.2, -0.15) is 0 Å². The molecule has 1 heterocycles. The zero-order valence-electron chi connectivity index (χ0n) is 13.4. The average Bonchev–Trinajstić information content (AvgIpc) is 2.47. The van der Waals surface area contributed by atoms with Gasteiger partial charge in [-0.1, -0.05) is 13.8 Å². The van der Waals surface area contributed by atoms with Crippen LogP contribution in [-0.4, -0.2) is 64.4 Å². The lowest BCUT2D eigenvalue weighted by atomic mass is 9.74. The van der Waals surface area contributed by atoms with E-state index in [1.165, 1.54) is 0 Å². The van der Waals surface area contributed by atoms with Gasteiger partial charge in [0.2, 0.25) is 5.91 Å². The fourth-order valence-corrected chi connectivity index (χ4v) is 2.77. The first kappa shape index (κ1) is 17.4. The predicted octanol–water partition coefficient (Wildman–Crippen LogP) is 1.13. The van der Waals surface area contributed by atoms with Crippen LogP contribution in [0.25, 0.3) is 0 Å². The van der Waals surface area contributed by atoms with E-state index in [0.29, 0.717) is 32.2 Å². The molecule has 1 N–H and O–H groups in total. The molecule has 5 heteroatoms. The van der Waals surface area contributed by atoms with Crippen LogP contribution in [0.15, 0.2) is 0 Å². The number of carbonyl (C=O) groups excluding carboxylic acids is 1. The van der Waals surface area contributed by atoms with E-state index < -0.39 is 0 Å². The minimum Gasteiger partial charge on any atom is -0.383 e. The second-order valence-electron chi connectivity index (χ2n) is 6.04. The maximum atomic E-state index is 12.9. The highest BCUT2D eigenvalue weighted by Gasteiger charge is 2.39. The summed E-state index contributed by atoms with van der Waals surface area (Å²) < 4.78 is 10.2. The van der Waals surface area contributed by atoms with Crippen molar-refractivity contribution in [2.75, 3.05) is 53.6 Å². The lowest BCUT2D eigenvalue weighted by Gasteiger charge is -2.39. The van der Waals surface area contributed by atoms with Crippen molar-refractivity contribution in [3.05, 3.63) is 0 Å². The third-order valence-electron chi connectivity index (χ3n) is 4.29. The summed E-state index contributed by atoms with van der Waals surface area (Å²) in [4.78, 5) is 14.7. The van der Waals surface area contributed by atoms with Crippen LogP contribution in [0.2, 0.25) is 0 Å². The average molecular weight is 286 g/mol. The van der Waals surface area contributed by atoms with Gasteiger partial charge < -0.3 is 19.7 Å². The van der Waals surface area contributed by atoms with E-state index in [9.17, 15) is 4.79 Å². The molecular formula is C15H30N2O3. The van der Waals surface area contributed by atoms with Gasteiger partial charge in [-0.25, -0.2) is 0 Å². The number of carbonyl (C=O) groups is 1. The third-order valence-corrected chi connectivity index (χ3v) is 4.29. The van der Waals surface area contributed by atoms with Crippen molar-refractivity contribution < 1.29 is 14.3 Å². The molecule has 5 nitrogen and oxygen atoms in total. The molecule has 0 aromatic rings. The van der Waals surface area contributed by atoms with Gasteiger partial charge in [0.15, 0.2) is 0 Å². The number of rotatable bonds is 8. The van der Waals surface area contributed by atoms with E-state index in [1.54, 1.807) is 14.2 Å². The van der Waals surface area contributed by atoms with Gasteiger partial charge in [-0.05, 0) is 31.8 Å². The second-order valence-corrected chi connectivity index (χ2v) is 6.04. The first-order valence-electron chi connectivity index (χ1n) is 7.52. The van der Waals surface area contributed by atoms with Gasteiger partial charge in [0.25, 0.3) is 0 Å². The van der Waals surface area contributed by atoms with Crippen LogP contribution in [0.4, 0.5) is 0 Å². The van der Waals surface area contributed by atoms with E-state index in [4.69, 9.17) is 9.47 Å². The number of methoxy groups -OCH3 is 2. The number of hydrogen-bond donors (Lipinski definition) is 1. The second kappa shape index (κ2) is 8.60. The van der Waals surface area contributed by atoms with Crippen LogP contribution in [0, 0.1) is 11.3 Å². The highest BCUT2D eigenvalue weighted by molar-refractivity contribution is 5.82. The SMILES string of the molecule is COCCN(CCOC)C(=O)C(C)(C)C1CCCNC1. The lowest BCUT2D eigenvalue weighted by Crippen LogP contribution is -2.50. The van der Waals surface area contributed by atoms with Gasteiger partial charge >= 0.3 is 0 Å². The van der Waals surface area contributed by atoms with Crippen LogP contribution in [-0.2, 0) is 14.3 Å². The summed E-state index contributed by atoms with van der Waals surface area (Å²) in [5.74, 6) is 0.608. The lowest BCUT2D eigenvalue weighted by molar-refractivity contribution is -0.145. The molecular weight excluding hydrogens is 256 g/mol. The van der Waals surface area contributed by atoms with Crippen molar-refractivity contribution in [2.24, 2.45) is 11.3 Å². The van der Waals surface area contributed by atoms with Crippen molar-refractivity contribution in [3.8, 4) is 0 Å². The maximum Gasteiger partial charge on any atom is 0.228 e. The monoisotopic (exact) mass is 286 g/mol. The van der Waals surface area contributed by atoms with Gasteiger partial charge in [0.1, 0.15) is 0 Å². The number of hydrogen-bond acceptors (Lipinski definition) is 4. The summed E-state index contributed by atoms with van der Waals surface area (Å²) in [5, 5.41) is 3.40. The van der Waals surface area contributed by atoms with E-state index in [0.717, 1.165) is 25.9 Å². The van der Waals surface area contributed by atoms with Crippen LogP contribution in [0.5, 0.6) is 0 Å². The number of nitrogens with zero attached hydrogens (tertiary/aromatic N) is 1. The molecule has 1 fully saturated rings. The molecule has 118 valence electrons. The van der Waals surface area contributed by atoms with Crippen LogP contribution in [0.1, 0.15) is 26.7 Å². The largest absolute Gasteiger partial charge is 0.383 e. The Hall–Kier alpha value is -0.650. The Kier molecular flexibility index (Phi) is 7.48. The molecule has 0 bridgehead atoms. The predicted molar refractivity (Wildman–Crippen MR) is 79.7 cm³/mol. The molecule has 0 radical (unpaired) electrons. The Morgan fingerprint density at radius 3 is 2.30 bits per heavy atom. The first-order chi connectivity index (χ1) is 9.54. The maximum absolute atomic E-state index is 12.9. The minimum absolute atomic E-state index is 0.209. The molecule has 1 amide bonds. The van der Waals surface area contributed by atoms with Gasteiger partial charge in [0, 0.05) is 32.7 Å². The zero-order chi connectivity index (χ0) is 15.0. The third kappa shape index (κ3) is 4.72. The molecule has 1 atom stereocenters. The highest BCUT2D eigenvalue weighted by Crippen LogP contribution is 2.33. The standard InChI is InChI=1S/C15H30N2O3/c1-15(2,13-6-5-7-16-12-13)14(18)17(8-10-19-3)9-11-20-4/h13,16H,5-12H2,1-4H3. The Morgan fingerprint density at radius 1 is 1.25 bits per heavy atom. The van der Waals surface area contributed by atoms with Crippen LogP contribution in [0.3, 0.4) is 0 Å². The normalized spacial score (nSPS) is 19.9. The Labute approximate surface area is 123 Å². The zero-order valence-corrected chi connectivity index (χ0v) is 13.4. The van der Waals surface area contributed by atoms with Crippen molar-refractivity contribution in [3.63, 3.8) is 0 Å². The molecule has 1 saturated heterocycles. The van der Waals surface area contributed by atoms with Crippen molar-refractivity contribution in [2.45, 2.75) is 26.7 Å². The number of piperidine rings is 1. The number of nitrogens with one attached hydrogen (secondary N) is 1. The Balaban J connectivity index is 2.68. The molecule has 20 heavy (non-hydrogen) atoms. The van der Waals surface area contributed by atoms with Crippen LogP contribution >= 0.6 is 0 Å². The van der Waals surface area contributed by atoms with Gasteiger partial charge in [-0.3, -0.25) is 4.79 Å². The van der Waals surface area contributed by atoms with Crippen LogP contribution < -0.4 is 5.32 Å². The van der Waals surface area contributed by atoms with E-state index in [1.807, 2.05) is 4.90 Å². The number of ether oxygens (including phenoxy) is 2. The molecule has 1 rings (SSSR count). The van der Waals surface area contributed by atoms with E-state index in [2.05, 4.69) is 19.2 Å². The quantitative estimate of drug-likeness (QED) is 0.727. The molecule has 0 spiro atoms. The minimum atomic E-state index is -0.338. The summed E-state index contributed by atoms with van der Waals surface area (Å²) >= 11 is 0. The topological polar surface area (TPSA) is 50.8 Å². The summed E-state index contributed by atoms with van der Waals surface area (Å²) in [5.41, 5.74) is -0.338. The fourth-order valence-electron chi connectivity index (χ4n) is 2.77. The Morgan fingerprint density at radius 2 is 1.85 bits per heavy atom. The Bertz CT molecular complexity index is 281. The first-order valence-corrected chi connectivity index (χ1v) is 7.52. The molecule has 0 aromatic carbocycles. The molecule has 0 saturated carbocycles. The molecule has 0 aromatic heterocycles. The smallest absolute Gasteiger partial charge is 0.228 e. The van der Waals surface area contributed by atoms with E-state index in [-0.39, 0.29) is 11.3 Å². The number of amides is 1. The van der Waals surface area contributed by atoms with Crippen molar-refractivity contribution in [1.29, 1.82) is 0 Å². The summed E-state index contributed by atoms with van der Waals surface area (Å²) in [6.07, 6.45) is 2.27. The van der Waals surface area contributed by atoms with Crippen molar-refractivity contribution in [1.82, 2.24) is 10.2 Å². The summed E-state index contributed by atoms with van der Waals surface area (Å²) in [7, 11) is 3.32. The van der Waals surface area contributed by atoms with E-state index >= 15 is 0 Å². The fraction of sp³-hybridized carbons (Fsp3) is 0.933. The molecule has 1 aliphatic heterocycles. The van der Waals surface area contributed by atoms with Crippen molar-refractivity contribution >= 4 is 5.91 Å². The molecule has 1 aliphatic rings. The summed E-state index contributed by atoms with van der Waals surface area (Å²) in [6.45, 7) is 8.52. The molecule has 1 unspecified atom stereocenters. The molecule has 0 aliphatic carbocycles. The summed E-state index contributed by atoms with van der Waals surface area (Å²) in [6, 6.07) is 0.